The van der Waals surface area contributed by atoms with Crippen LogP contribution >= 0.6 is 47.0 Å². The molecule has 0 unspecified atom stereocenters. The van der Waals surface area contributed by atoms with Gasteiger partial charge in [-0.25, -0.2) is 20.0 Å². The Hall–Kier alpha value is -4.24. The maximum Gasteiger partial charge on any atom is 0.274 e. The Kier molecular flexibility index (Phi) is 14.5. The number of aliphatic imine (C=N–C) groups is 4. The summed E-state index contributed by atoms with van der Waals surface area (Å²) >= 11 is 6.70. The molecule has 14 heteroatoms. The predicted molar refractivity (Wildman–Crippen MR) is 240 cm³/mol. The van der Waals surface area contributed by atoms with Crippen molar-refractivity contribution in [2.24, 2.45) is 20.0 Å². The summed E-state index contributed by atoms with van der Waals surface area (Å²) in [4.78, 5) is 41.3. The minimum atomic E-state index is -0.411. The largest absolute Gasteiger partial charge is 0.274 e. The van der Waals surface area contributed by atoms with Gasteiger partial charge in [0.05, 0.1) is 43.7 Å². The van der Waals surface area contributed by atoms with Gasteiger partial charge in [-0.3, -0.25) is 20.2 Å². The van der Waals surface area contributed by atoms with Crippen LogP contribution in [-0.2, 0) is 0 Å². The second kappa shape index (κ2) is 19.1. The topological polar surface area (TPSA) is 136 Å². The molecule has 0 aromatic heterocycles. The molecule has 0 spiro atoms. The molecular weight excluding hydrogens is 769 g/mol. The molecular formula is C41H44N6O4S4. The molecule has 2 aliphatic rings. The Morgan fingerprint density at radius 1 is 0.509 bits per heavy atom. The van der Waals surface area contributed by atoms with E-state index in [9.17, 15) is 20.2 Å². The van der Waals surface area contributed by atoms with Crippen molar-refractivity contribution in [2.75, 3.05) is 23.0 Å². The zero-order valence-electron chi connectivity index (χ0n) is 32.2. The number of para-hydroxylation sites is 2. The fourth-order valence-corrected chi connectivity index (χ4v) is 10.1. The summed E-state index contributed by atoms with van der Waals surface area (Å²) in [6, 6.07) is 21.1. The van der Waals surface area contributed by atoms with Crippen molar-refractivity contribution in [2.45, 2.75) is 61.3 Å². The molecule has 10 nitrogen and oxygen atoms in total. The summed E-state index contributed by atoms with van der Waals surface area (Å²) in [5, 5.41) is 26.1. The third kappa shape index (κ3) is 10.3. The van der Waals surface area contributed by atoms with Gasteiger partial charge in [-0.05, 0) is 81.3 Å². The zero-order chi connectivity index (χ0) is 39.8. The Balaban J connectivity index is 0.000000214. The first-order valence-corrected chi connectivity index (χ1v) is 21.7. The lowest BCUT2D eigenvalue weighted by Crippen LogP contribution is -2.15. The first kappa shape index (κ1) is 41.9. The van der Waals surface area contributed by atoms with Crippen molar-refractivity contribution in [1.29, 1.82) is 0 Å². The van der Waals surface area contributed by atoms with Crippen LogP contribution in [0.25, 0.3) is 0 Å². The molecule has 55 heavy (non-hydrogen) atoms. The molecule has 0 radical (unpaired) electrons. The van der Waals surface area contributed by atoms with Gasteiger partial charge in [0.1, 0.15) is 20.2 Å². The smallest absolute Gasteiger partial charge is 0.258 e. The molecule has 0 bridgehead atoms. The number of hydrogen-bond acceptors (Lipinski definition) is 12. The Morgan fingerprint density at radius 2 is 0.891 bits per heavy atom. The monoisotopic (exact) mass is 812 g/mol. The number of aryl methyl sites for hydroxylation is 4. The van der Waals surface area contributed by atoms with Crippen molar-refractivity contribution in [3.05, 3.63) is 126 Å². The summed E-state index contributed by atoms with van der Waals surface area (Å²) in [5.41, 5.74) is 9.73. The van der Waals surface area contributed by atoms with Crippen molar-refractivity contribution >= 4 is 101 Å². The van der Waals surface area contributed by atoms with Crippen LogP contribution in [-0.4, -0.2) is 53.0 Å². The van der Waals surface area contributed by atoms with Crippen molar-refractivity contribution < 1.29 is 9.85 Å². The van der Waals surface area contributed by atoms with E-state index in [2.05, 4.69) is 70.2 Å². The Labute approximate surface area is 339 Å². The van der Waals surface area contributed by atoms with Gasteiger partial charge in [-0.2, -0.15) is 0 Å². The van der Waals surface area contributed by atoms with E-state index in [0.29, 0.717) is 38.5 Å². The third-order valence-electron chi connectivity index (χ3n) is 8.95. The van der Waals surface area contributed by atoms with Gasteiger partial charge in [0.2, 0.25) is 0 Å². The highest BCUT2D eigenvalue weighted by atomic mass is 32.2. The van der Waals surface area contributed by atoms with Gasteiger partial charge < -0.3 is 0 Å². The molecule has 2 aliphatic heterocycles. The Bertz CT molecular complexity index is 2140. The summed E-state index contributed by atoms with van der Waals surface area (Å²) in [6.45, 7) is 15.8. The van der Waals surface area contributed by atoms with E-state index in [1.807, 2.05) is 37.4 Å². The fourth-order valence-electron chi connectivity index (χ4n) is 5.98. The molecule has 2 saturated heterocycles. The van der Waals surface area contributed by atoms with Gasteiger partial charge in [0.25, 0.3) is 11.4 Å². The van der Waals surface area contributed by atoms with Crippen LogP contribution in [0.4, 0.5) is 34.1 Å². The lowest BCUT2D eigenvalue weighted by Gasteiger charge is -2.17. The second-order valence-electron chi connectivity index (χ2n) is 13.3. The summed E-state index contributed by atoms with van der Waals surface area (Å²) < 4.78 is 0. The Morgan fingerprint density at radius 3 is 1.31 bits per heavy atom. The van der Waals surface area contributed by atoms with Gasteiger partial charge in [0.15, 0.2) is 0 Å². The van der Waals surface area contributed by atoms with Gasteiger partial charge in [-0.15, -0.1) is 47.0 Å². The first-order chi connectivity index (χ1) is 26.3. The zero-order valence-corrected chi connectivity index (χ0v) is 35.5. The van der Waals surface area contributed by atoms with Crippen molar-refractivity contribution in [1.82, 2.24) is 0 Å². The minimum absolute atomic E-state index is 0.0253. The van der Waals surface area contributed by atoms with Gasteiger partial charge in [0, 0.05) is 35.1 Å². The number of rotatable bonds is 7. The van der Waals surface area contributed by atoms with Crippen LogP contribution in [0.2, 0.25) is 0 Å². The predicted octanol–water partition coefficient (Wildman–Crippen LogP) is 12.6. The number of thioether (sulfide) groups is 4. The molecule has 6 rings (SSSR count). The third-order valence-corrected chi connectivity index (χ3v) is 13.6. The van der Waals surface area contributed by atoms with E-state index >= 15 is 0 Å². The maximum atomic E-state index is 11.3. The molecule has 0 atom stereocenters. The van der Waals surface area contributed by atoms with Gasteiger partial charge in [-0.1, -0.05) is 62.4 Å². The maximum absolute atomic E-state index is 11.3. The van der Waals surface area contributed by atoms with Crippen LogP contribution in [0, 0.1) is 61.8 Å². The van der Waals surface area contributed by atoms with Crippen LogP contribution in [0.1, 0.15) is 58.7 Å². The molecule has 4 aromatic rings. The molecule has 4 aromatic carbocycles. The number of nitrogens with zero attached hydrogens (tertiary/aromatic N) is 6. The molecule has 0 saturated carbocycles. The van der Waals surface area contributed by atoms with Crippen molar-refractivity contribution in [3.63, 3.8) is 0 Å². The van der Waals surface area contributed by atoms with E-state index in [-0.39, 0.29) is 11.4 Å². The van der Waals surface area contributed by atoms with E-state index in [1.165, 1.54) is 52.3 Å². The van der Waals surface area contributed by atoms with Crippen LogP contribution in [0.5, 0.6) is 0 Å². The normalized spacial score (nSPS) is 17.5. The quantitative estimate of drug-likeness (QED) is 0.133. The number of nitro benzene ring substituents is 2. The number of benzene rings is 4. The van der Waals surface area contributed by atoms with E-state index < -0.39 is 9.85 Å². The van der Waals surface area contributed by atoms with Crippen LogP contribution in [0.3, 0.4) is 0 Å². The standard InChI is InChI=1S/C21H24N2S2.C20H20N4O4S2/c1-14(2)17-10-5-6-11-18(17)22-20-21(25-13-12-24-20)23-19-15(3)8-7-9-16(19)4;1-11-5-7-15(23(25)26)13(3)17(11)21-19-20(30-10-9-29-19)22-18-12(2)6-8-16(14(18)4)24(27)28/h5-11,14H,12-13H2,1-4H3;5-8H,9-10H2,1-4H3. The fraction of sp³-hybridized carbons (Fsp3) is 0.317. The highest BCUT2D eigenvalue weighted by Gasteiger charge is 2.23. The molecule has 286 valence electrons. The van der Waals surface area contributed by atoms with Crippen molar-refractivity contribution in [3.8, 4) is 0 Å². The SMILES string of the molecule is Cc1ccc([N+](=O)[O-])c(C)c1N=C1SCCSC1=Nc1c(C)ccc([N+](=O)[O-])c1C.Cc1cccc(C)c1N=C1SCCSC1=Nc1ccccc1C(C)C. The lowest BCUT2D eigenvalue weighted by atomic mass is 10.0. The summed E-state index contributed by atoms with van der Waals surface area (Å²) in [5.74, 6) is 4.30. The highest BCUT2D eigenvalue weighted by Crippen LogP contribution is 2.37. The molecule has 0 amide bonds. The number of nitro groups is 2. The molecule has 2 heterocycles. The van der Waals surface area contributed by atoms with Crippen LogP contribution in [0.15, 0.2) is 86.7 Å². The minimum Gasteiger partial charge on any atom is -0.258 e. The van der Waals surface area contributed by atoms with Gasteiger partial charge >= 0.3 is 0 Å². The number of hydrogen-bond donors (Lipinski definition) is 0. The van der Waals surface area contributed by atoms with Crippen LogP contribution < -0.4 is 0 Å². The summed E-state index contributed by atoms with van der Waals surface area (Å²) in [7, 11) is 0. The molecule has 0 N–H and O–H groups in total. The summed E-state index contributed by atoms with van der Waals surface area (Å²) in [6.07, 6.45) is 0. The molecule has 0 aliphatic carbocycles. The lowest BCUT2D eigenvalue weighted by molar-refractivity contribution is -0.385. The molecule has 2 fully saturated rings. The van der Waals surface area contributed by atoms with E-state index in [1.54, 1.807) is 26.0 Å². The average molecular weight is 813 g/mol. The van der Waals surface area contributed by atoms with E-state index in [4.69, 9.17) is 20.0 Å². The second-order valence-corrected chi connectivity index (χ2v) is 17.6. The highest BCUT2D eigenvalue weighted by molar-refractivity contribution is 8.28. The average Bonchev–Trinajstić information content (AvgIpc) is 3.14. The van der Waals surface area contributed by atoms with E-state index in [0.717, 1.165) is 55.6 Å². The first-order valence-electron chi connectivity index (χ1n) is 17.8.